The lowest BCUT2D eigenvalue weighted by molar-refractivity contribution is 0.150. The molecule has 0 aliphatic heterocycles. The summed E-state index contributed by atoms with van der Waals surface area (Å²) in [5.74, 6) is 0. The number of aromatic nitrogens is 1. The smallest absolute Gasteiger partial charge is 0.0843 e. The van der Waals surface area contributed by atoms with Gasteiger partial charge in [0.25, 0.3) is 0 Å². The first-order chi connectivity index (χ1) is 11.5. The molecule has 0 amide bonds. The average molecular weight is 365 g/mol. The van der Waals surface area contributed by atoms with Crippen LogP contribution in [-0.4, -0.2) is 28.4 Å². The number of nitrogens with zero attached hydrogens (tertiary/aromatic N) is 1. The molecule has 3 rings (SSSR count). The van der Waals surface area contributed by atoms with Crippen LogP contribution in [0.5, 0.6) is 0 Å². The zero-order valence-electron chi connectivity index (χ0n) is 13.9. The molecule has 0 aliphatic carbocycles. The first-order valence-electron chi connectivity index (χ1n) is 8.28. The summed E-state index contributed by atoms with van der Waals surface area (Å²) in [6.45, 7) is 5.34. The zero-order valence-corrected chi connectivity index (χ0v) is 15.4. The Morgan fingerprint density at radius 3 is 2.08 bits per heavy atom. The normalized spacial score (nSPS) is 14.4. The van der Waals surface area contributed by atoms with Crippen molar-refractivity contribution >= 4 is 45.0 Å². The zero-order chi connectivity index (χ0) is 17.3. The van der Waals surface area contributed by atoms with Crippen LogP contribution in [0.1, 0.15) is 20.3 Å². The molecular weight excluding hydrogens is 343 g/mol. The van der Waals surface area contributed by atoms with Gasteiger partial charge in [-0.15, -0.1) is 0 Å². The Morgan fingerprint density at radius 2 is 1.58 bits per heavy atom. The fourth-order valence-electron chi connectivity index (χ4n) is 3.00. The van der Waals surface area contributed by atoms with Gasteiger partial charge in [-0.2, -0.15) is 0 Å². The Bertz CT molecular complexity index is 800. The lowest BCUT2D eigenvalue weighted by Gasteiger charge is -2.17. The second kappa shape index (κ2) is 7.32. The molecule has 24 heavy (non-hydrogen) atoms. The van der Waals surface area contributed by atoms with Crippen molar-refractivity contribution in [1.29, 1.82) is 0 Å². The van der Waals surface area contributed by atoms with E-state index in [2.05, 4.69) is 23.7 Å². The van der Waals surface area contributed by atoms with Crippen LogP contribution in [0, 0.1) is 0 Å². The van der Waals surface area contributed by atoms with Crippen LogP contribution in [-0.2, 0) is 6.54 Å². The fraction of sp³-hybridized carbons (Fsp3) is 0.368. The van der Waals surface area contributed by atoms with E-state index in [0.717, 1.165) is 28.2 Å². The summed E-state index contributed by atoms with van der Waals surface area (Å²) < 4.78 is 2.14. The van der Waals surface area contributed by atoms with E-state index >= 15 is 0 Å². The number of halogens is 2. The predicted octanol–water partition coefficient (Wildman–Crippen LogP) is 4.85. The standard InChI is InChI=1S/C19H22Cl2N2O/c1-3-12(2)22-10-15(24)11-23-18-6-4-13(20)8-16(18)17-9-14(21)5-7-19(17)23/h4-9,12,15,22,24H,3,10-11H2,1-2H3/t12-,15+/m1/s1. The molecule has 0 unspecified atom stereocenters. The van der Waals surface area contributed by atoms with E-state index in [1.54, 1.807) is 0 Å². The van der Waals surface area contributed by atoms with Crippen molar-refractivity contribution < 1.29 is 5.11 Å². The maximum absolute atomic E-state index is 10.5. The molecule has 0 saturated carbocycles. The number of aliphatic hydroxyl groups excluding tert-OH is 1. The molecule has 0 saturated heterocycles. The van der Waals surface area contributed by atoms with Crippen LogP contribution in [0.25, 0.3) is 21.8 Å². The third kappa shape index (κ3) is 3.55. The van der Waals surface area contributed by atoms with E-state index in [0.29, 0.717) is 29.2 Å². The molecule has 5 heteroatoms. The van der Waals surface area contributed by atoms with Crippen molar-refractivity contribution in [1.82, 2.24) is 9.88 Å². The van der Waals surface area contributed by atoms with Gasteiger partial charge in [-0.3, -0.25) is 0 Å². The third-order valence-electron chi connectivity index (χ3n) is 4.50. The highest BCUT2D eigenvalue weighted by atomic mass is 35.5. The third-order valence-corrected chi connectivity index (χ3v) is 4.97. The van der Waals surface area contributed by atoms with Crippen molar-refractivity contribution in [2.45, 2.75) is 39.0 Å². The second-order valence-electron chi connectivity index (χ2n) is 6.30. The molecule has 0 radical (unpaired) electrons. The number of rotatable bonds is 6. The van der Waals surface area contributed by atoms with Gasteiger partial charge < -0.3 is 15.0 Å². The Hall–Kier alpha value is -1.26. The highest BCUT2D eigenvalue weighted by molar-refractivity contribution is 6.33. The van der Waals surface area contributed by atoms with Gasteiger partial charge in [0.2, 0.25) is 0 Å². The van der Waals surface area contributed by atoms with Gasteiger partial charge >= 0.3 is 0 Å². The monoisotopic (exact) mass is 364 g/mol. The molecule has 0 bridgehead atoms. The van der Waals surface area contributed by atoms with E-state index in [1.807, 2.05) is 36.4 Å². The maximum atomic E-state index is 10.5. The summed E-state index contributed by atoms with van der Waals surface area (Å²) in [5, 5.41) is 17.3. The van der Waals surface area contributed by atoms with Crippen molar-refractivity contribution in [3.05, 3.63) is 46.4 Å². The summed E-state index contributed by atoms with van der Waals surface area (Å²) in [6.07, 6.45) is 0.572. The number of hydrogen-bond acceptors (Lipinski definition) is 2. The van der Waals surface area contributed by atoms with Crippen LogP contribution in [0.4, 0.5) is 0 Å². The van der Waals surface area contributed by atoms with Gasteiger partial charge in [0.1, 0.15) is 0 Å². The van der Waals surface area contributed by atoms with E-state index in [9.17, 15) is 5.11 Å². The number of hydrogen-bond donors (Lipinski definition) is 2. The molecule has 0 fully saturated rings. The summed E-state index contributed by atoms with van der Waals surface area (Å²) in [5.41, 5.74) is 2.11. The highest BCUT2D eigenvalue weighted by Crippen LogP contribution is 2.32. The molecule has 2 atom stereocenters. The van der Waals surface area contributed by atoms with Gasteiger partial charge in [0.05, 0.1) is 12.6 Å². The minimum atomic E-state index is -0.468. The van der Waals surface area contributed by atoms with Crippen LogP contribution in [0.3, 0.4) is 0 Å². The number of aliphatic hydroxyl groups is 1. The Balaban J connectivity index is 1.99. The summed E-state index contributed by atoms with van der Waals surface area (Å²) >= 11 is 12.3. The first kappa shape index (κ1) is 17.6. The maximum Gasteiger partial charge on any atom is 0.0843 e. The van der Waals surface area contributed by atoms with E-state index in [-0.39, 0.29) is 0 Å². The summed E-state index contributed by atoms with van der Waals surface area (Å²) in [6, 6.07) is 12.1. The molecule has 128 valence electrons. The number of benzene rings is 2. The number of fused-ring (bicyclic) bond motifs is 3. The van der Waals surface area contributed by atoms with Crippen LogP contribution in [0.2, 0.25) is 10.0 Å². The Morgan fingerprint density at radius 1 is 1.04 bits per heavy atom. The first-order valence-corrected chi connectivity index (χ1v) is 9.03. The predicted molar refractivity (Wildman–Crippen MR) is 103 cm³/mol. The summed E-state index contributed by atoms with van der Waals surface area (Å²) in [7, 11) is 0. The quantitative estimate of drug-likeness (QED) is 0.655. The minimum Gasteiger partial charge on any atom is -0.390 e. The van der Waals surface area contributed by atoms with E-state index in [4.69, 9.17) is 23.2 Å². The van der Waals surface area contributed by atoms with Crippen molar-refractivity contribution in [2.24, 2.45) is 0 Å². The SMILES string of the molecule is CC[C@@H](C)NC[C@H](O)Cn1c2ccc(Cl)cc2c2cc(Cl)ccc21. The highest BCUT2D eigenvalue weighted by Gasteiger charge is 2.15. The molecule has 1 heterocycles. The van der Waals surface area contributed by atoms with Gasteiger partial charge in [-0.1, -0.05) is 30.1 Å². The number of nitrogens with one attached hydrogen (secondary N) is 1. The van der Waals surface area contributed by atoms with Crippen molar-refractivity contribution in [2.75, 3.05) is 6.54 Å². The largest absolute Gasteiger partial charge is 0.390 e. The van der Waals surface area contributed by atoms with E-state index < -0.39 is 6.10 Å². The van der Waals surface area contributed by atoms with Crippen molar-refractivity contribution in [3.8, 4) is 0 Å². The molecule has 3 nitrogen and oxygen atoms in total. The van der Waals surface area contributed by atoms with Crippen molar-refractivity contribution in [3.63, 3.8) is 0 Å². The molecule has 0 aliphatic rings. The minimum absolute atomic E-state index is 0.399. The van der Waals surface area contributed by atoms with E-state index in [1.165, 1.54) is 0 Å². The van der Waals surface area contributed by atoms with Crippen LogP contribution in [0.15, 0.2) is 36.4 Å². The molecule has 2 N–H and O–H groups in total. The van der Waals surface area contributed by atoms with Crippen LogP contribution >= 0.6 is 23.2 Å². The molecule has 3 aromatic rings. The summed E-state index contributed by atoms with van der Waals surface area (Å²) in [4.78, 5) is 0. The molecular formula is C19H22Cl2N2O. The second-order valence-corrected chi connectivity index (χ2v) is 7.18. The van der Waals surface area contributed by atoms with Gasteiger partial charge in [0, 0.05) is 44.4 Å². The average Bonchev–Trinajstić information content (AvgIpc) is 2.85. The lowest BCUT2D eigenvalue weighted by atomic mass is 10.1. The molecule has 2 aromatic carbocycles. The van der Waals surface area contributed by atoms with Crippen LogP contribution < -0.4 is 5.32 Å². The molecule has 0 spiro atoms. The van der Waals surface area contributed by atoms with Gasteiger partial charge in [-0.05, 0) is 49.7 Å². The van der Waals surface area contributed by atoms with Gasteiger partial charge in [0.15, 0.2) is 0 Å². The fourth-order valence-corrected chi connectivity index (χ4v) is 3.35. The Kier molecular flexibility index (Phi) is 5.36. The topological polar surface area (TPSA) is 37.2 Å². The Labute approximate surface area is 152 Å². The van der Waals surface area contributed by atoms with Gasteiger partial charge in [-0.25, -0.2) is 0 Å². The molecule has 1 aromatic heterocycles. The lowest BCUT2D eigenvalue weighted by Crippen LogP contribution is -2.35.